The number of amides is 1. The first-order chi connectivity index (χ1) is 17.8. The number of piperidine rings is 1. The zero-order valence-corrected chi connectivity index (χ0v) is 20.8. The van der Waals surface area contributed by atoms with Gasteiger partial charge in [0.1, 0.15) is 6.04 Å². The van der Waals surface area contributed by atoms with E-state index in [1.807, 2.05) is 12.1 Å². The minimum absolute atomic E-state index is 0.0605. The highest BCUT2D eigenvalue weighted by molar-refractivity contribution is 7.89. The third-order valence-corrected chi connectivity index (χ3v) is 7.42. The van der Waals surface area contributed by atoms with Gasteiger partial charge in [0.2, 0.25) is 16.0 Å². The number of carbonyl (C=O) groups is 2. The maximum atomic E-state index is 12.6. The number of hydrogen-bond acceptors (Lipinski definition) is 8. The fraction of sp³-hybridized carbons (Fsp3) is 0.280. The van der Waals surface area contributed by atoms with Crippen molar-refractivity contribution in [1.29, 1.82) is 0 Å². The molecule has 37 heavy (non-hydrogen) atoms. The molecule has 0 unspecified atom stereocenters. The highest BCUT2D eigenvalue weighted by atomic mass is 32.2. The highest BCUT2D eigenvalue weighted by Crippen LogP contribution is 2.22. The van der Waals surface area contributed by atoms with Crippen molar-refractivity contribution in [1.82, 2.24) is 20.0 Å². The molecule has 2 atom stereocenters. The molecule has 3 aromatic rings. The molecule has 4 N–H and O–H groups in total. The van der Waals surface area contributed by atoms with Gasteiger partial charge in [0, 0.05) is 49.3 Å². The number of rotatable bonds is 10. The summed E-state index contributed by atoms with van der Waals surface area (Å²) in [4.78, 5) is 34.8. The average Bonchev–Trinajstić information content (AvgIpc) is 2.92. The number of hydrogen-bond donors (Lipinski definition) is 4. The van der Waals surface area contributed by atoms with Crippen LogP contribution in [0.2, 0.25) is 0 Å². The molecule has 194 valence electrons. The van der Waals surface area contributed by atoms with Crippen LogP contribution in [0.15, 0.2) is 78.0 Å². The molecule has 0 saturated carbocycles. The Balaban J connectivity index is 1.33. The number of nitrogens with zero attached hydrogens (tertiary/aromatic N) is 3. The van der Waals surface area contributed by atoms with E-state index in [0.29, 0.717) is 11.5 Å². The summed E-state index contributed by atoms with van der Waals surface area (Å²) in [7, 11) is -4.06. The maximum Gasteiger partial charge on any atom is 0.323 e. The van der Waals surface area contributed by atoms with E-state index in [2.05, 4.69) is 30.2 Å². The van der Waals surface area contributed by atoms with Crippen LogP contribution in [-0.4, -0.2) is 67.1 Å². The molecular formula is C25H28N6O5S. The van der Waals surface area contributed by atoms with Gasteiger partial charge in [0.05, 0.1) is 4.90 Å². The molecule has 1 amide bonds. The lowest BCUT2D eigenvalue weighted by molar-refractivity contribution is -0.138. The van der Waals surface area contributed by atoms with Crippen molar-refractivity contribution in [3.05, 3.63) is 78.6 Å². The van der Waals surface area contributed by atoms with Crippen LogP contribution in [-0.2, 0) is 14.8 Å². The summed E-state index contributed by atoms with van der Waals surface area (Å²) in [6.07, 6.45) is 5.36. The lowest BCUT2D eigenvalue weighted by Crippen LogP contribution is -2.48. The number of anilines is 2. The van der Waals surface area contributed by atoms with Gasteiger partial charge in [-0.1, -0.05) is 18.2 Å². The van der Waals surface area contributed by atoms with Crippen LogP contribution >= 0.6 is 0 Å². The van der Waals surface area contributed by atoms with E-state index in [1.54, 1.807) is 36.7 Å². The van der Waals surface area contributed by atoms with Gasteiger partial charge in [0.25, 0.3) is 5.91 Å². The SMILES string of the molecule is O=C(NC[C@H](NS(=O)(=O)c1ccccc1)C(=O)O)c1ccc(N2CCC[C@H](Nc3ncccn3)C2)cc1. The van der Waals surface area contributed by atoms with Gasteiger partial charge >= 0.3 is 5.97 Å². The van der Waals surface area contributed by atoms with Crippen molar-refractivity contribution in [2.45, 2.75) is 29.8 Å². The van der Waals surface area contributed by atoms with Crippen LogP contribution in [0.3, 0.4) is 0 Å². The topological polar surface area (TPSA) is 154 Å². The first kappa shape index (κ1) is 26.0. The van der Waals surface area contributed by atoms with Gasteiger partial charge in [-0.25, -0.2) is 18.4 Å². The van der Waals surface area contributed by atoms with Crippen molar-refractivity contribution in [2.75, 3.05) is 29.9 Å². The number of aliphatic carboxylic acids is 1. The second-order valence-electron chi connectivity index (χ2n) is 8.58. The minimum Gasteiger partial charge on any atom is -0.480 e. The third kappa shape index (κ3) is 7.02. The Labute approximate surface area is 215 Å². The first-order valence-corrected chi connectivity index (χ1v) is 13.3. The number of carboxylic acid groups (broad SMARTS) is 1. The maximum absolute atomic E-state index is 12.6. The summed E-state index contributed by atoms with van der Waals surface area (Å²) >= 11 is 0. The Kier molecular flexibility index (Phi) is 8.31. The Morgan fingerprint density at radius 1 is 1.03 bits per heavy atom. The largest absolute Gasteiger partial charge is 0.480 e. The Morgan fingerprint density at radius 2 is 1.73 bits per heavy atom. The fourth-order valence-electron chi connectivity index (χ4n) is 4.04. The zero-order chi connectivity index (χ0) is 26.3. The van der Waals surface area contributed by atoms with Crippen molar-refractivity contribution >= 4 is 33.5 Å². The quantitative estimate of drug-likeness (QED) is 0.310. The molecule has 1 aliphatic heterocycles. The number of aromatic nitrogens is 2. The van der Waals surface area contributed by atoms with E-state index in [4.69, 9.17) is 0 Å². The average molecular weight is 525 g/mol. The molecular weight excluding hydrogens is 496 g/mol. The van der Waals surface area contributed by atoms with Gasteiger partial charge in [-0.2, -0.15) is 4.72 Å². The number of sulfonamides is 1. The number of carboxylic acids is 1. The third-order valence-electron chi connectivity index (χ3n) is 5.93. The molecule has 0 bridgehead atoms. The summed E-state index contributed by atoms with van der Waals surface area (Å²) in [6.45, 7) is 1.22. The molecule has 2 heterocycles. The molecule has 12 heteroatoms. The van der Waals surface area contributed by atoms with Crippen molar-refractivity contribution < 1.29 is 23.1 Å². The predicted octanol–water partition coefficient (Wildman–Crippen LogP) is 1.72. The van der Waals surface area contributed by atoms with Crippen LogP contribution in [0, 0.1) is 0 Å². The molecule has 0 aliphatic carbocycles. The van der Waals surface area contributed by atoms with Crippen molar-refractivity contribution in [2.24, 2.45) is 0 Å². The molecule has 4 rings (SSSR count). The van der Waals surface area contributed by atoms with E-state index in [0.717, 1.165) is 31.6 Å². The van der Waals surface area contributed by atoms with Crippen LogP contribution < -0.4 is 20.3 Å². The predicted molar refractivity (Wildman–Crippen MR) is 138 cm³/mol. The molecule has 1 fully saturated rings. The zero-order valence-electron chi connectivity index (χ0n) is 19.9. The fourth-order valence-corrected chi connectivity index (χ4v) is 5.25. The van der Waals surface area contributed by atoms with Crippen LogP contribution in [0.25, 0.3) is 0 Å². The summed E-state index contributed by atoms with van der Waals surface area (Å²) < 4.78 is 27.1. The molecule has 1 saturated heterocycles. The molecule has 11 nitrogen and oxygen atoms in total. The van der Waals surface area contributed by atoms with Gasteiger partial charge in [-0.15, -0.1) is 0 Å². The summed E-state index contributed by atoms with van der Waals surface area (Å²) in [5.74, 6) is -1.31. The first-order valence-electron chi connectivity index (χ1n) is 11.8. The molecule has 0 spiro atoms. The van der Waals surface area contributed by atoms with E-state index < -0.39 is 34.5 Å². The summed E-state index contributed by atoms with van der Waals surface area (Å²) in [5.41, 5.74) is 1.29. The van der Waals surface area contributed by atoms with Crippen LogP contribution in [0.4, 0.5) is 11.6 Å². The van der Waals surface area contributed by atoms with Crippen LogP contribution in [0.1, 0.15) is 23.2 Å². The molecule has 0 radical (unpaired) electrons. The normalized spacial score (nSPS) is 16.5. The summed E-state index contributed by atoms with van der Waals surface area (Å²) in [5, 5.41) is 15.3. The second kappa shape index (κ2) is 11.8. The van der Waals surface area contributed by atoms with Gasteiger partial charge in [-0.3, -0.25) is 9.59 Å². The molecule has 1 aromatic heterocycles. The second-order valence-corrected chi connectivity index (χ2v) is 10.3. The Bertz CT molecular complexity index is 1310. The van der Waals surface area contributed by atoms with Gasteiger partial charge < -0.3 is 20.6 Å². The van der Waals surface area contributed by atoms with Crippen molar-refractivity contribution in [3.8, 4) is 0 Å². The van der Waals surface area contributed by atoms with Gasteiger partial charge in [0.15, 0.2) is 0 Å². The van der Waals surface area contributed by atoms with E-state index in [1.165, 1.54) is 24.3 Å². The monoisotopic (exact) mass is 524 g/mol. The number of benzene rings is 2. The lowest BCUT2D eigenvalue weighted by Gasteiger charge is -2.34. The Morgan fingerprint density at radius 3 is 2.41 bits per heavy atom. The molecule has 1 aliphatic rings. The Hall–Kier alpha value is -4.03. The minimum atomic E-state index is -4.06. The number of carbonyl (C=O) groups excluding carboxylic acids is 1. The van der Waals surface area contributed by atoms with Crippen LogP contribution in [0.5, 0.6) is 0 Å². The lowest BCUT2D eigenvalue weighted by atomic mass is 10.0. The van der Waals surface area contributed by atoms with E-state index >= 15 is 0 Å². The number of nitrogens with one attached hydrogen (secondary N) is 3. The van der Waals surface area contributed by atoms with E-state index in [-0.39, 0.29) is 10.9 Å². The van der Waals surface area contributed by atoms with Crippen molar-refractivity contribution in [3.63, 3.8) is 0 Å². The smallest absolute Gasteiger partial charge is 0.323 e. The summed E-state index contributed by atoms with van der Waals surface area (Å²) in [6, 6.07) is 14.9. The standard InChI is InChI=1S/C25H28N6O5S/c32-23(28-16-22(24(33)34)30-37(35,36)21-7-2-1-3-8-21)18-9-11-20(12-10-18)31-15-4-6-19(17-31)29-25-26-13-5-14-27-25/h1-3,5,7-14,19,22,30H,4,6,15-17H2,(H,28,32)(H,33,34)(H,26,27,29)/t19-,22-/m0/s1. The van der Waals surface area contributed by atoms with E-state index in [9.17, 15) is 23.1 Å². The van der Waals surface area contributed by atoms with Gasteiger partial charge in [-0.05, 0) is 55.3 Å². The molecule has 2 aromatic carbocycles. The highest BCUT2D eigenvalue weighted by Gasteiger charge is 2.26.